The normalized spacial score (nSPS) is 47.5. The van der Waals surface area contributed by atoms with Gasteiger partial charge in [0, 0.05) is 17.1 Å². The van der Waals surface area contributed by atoms with E-state index in [9.17, 15) is 9.59 Å². The number of epoxide rings is 1. The maximum Gasteiger partial charge on any atom is 0.335 e. The molecule has 5 aliphatic rings. The largest absolute Gasteiger partial charge is 0.459 e. The molecule has 5 heteroatoms. The van der Waals surface area contributed by atoms with Gasteiger partial charge in [-0.25, -0.2) is 9.59 Å². The molecular formula is C28H36O5. The number of carbonyl (C=O) groups excluding carboxylic acids is 1. The van der Waals surface area contributed by atoms with Crippen molar-refractivity contribution in [2.24, 2.45) is 28.6 Å². The first-order chi connectivity index (χ1) is 15.7. The average molecular weight is 453 g/mol. The Morgan fingerprint density at radius 1 is 1.09 bits per heavy atom. The van der Waals surface area contributed by atoms with Gasteiger partial charge in [0.15, 0.2) is 0 Å². The van der Waals surface area contributed by atoms with E-state index in [0.29, 0.717) is 40.8 Å². The second-order valence-electron chi connectivity index (χ2n) is 12.1. The van der Waals surface area contributed by atoms with Crippen LogP contribution in [0, 0.1) is 28.6 Å². The summed E-state index contributed by atoms with van der Waals surface area (Å²) in [4.78, 5) is 23.6. The number of carbonyl (C=O) groups is 1. The molecule has 1 saturated heterocycles. The van der Waals surface area contributed by atoms with E-state index in [4.69, 9.17) is 13.9 Å². The highest BCUT2D eigenvalue weighted by Gasteiger charge is 2.80. The van der Waals surface area contributed by atoms with Gasteiger partial charge >= 0.3 is 11.6 Å². The lowest BCUT2D eigenvalue weighted by Crippen LogP contribution is -2.58. The second-order valence-corrected chi connectivity index (χ2v) is 12.1. The Morgan fingerprint density at radius 3 is 2.64 bits per heavy atom. The van der Waals surface area contributed by atoms with E-state index in [1.54, 1.807) is 19.3 Å². The lowest BCUT2D eigenvalue weighted by atomic mass is 9.44. The second kappa shape index (κ2) is 7.07. The summed E-state index contributed by atoms with van der Waals surface area (Å²) in [5, 5.41) is 0. The fraction of sp³-hybridized carbons (Fsp3) is 0.714. The molecule has 6 rings (SSSR count). The fourth-order valence-electron chi connectivity index (χ4n) is 9.08. The van der Waals surface area contributed by atoms with Crippen LogP contribution in [0.5, 0.6) is 0 Å². The highest BCUT2D eigenvalue weighted by Crippen LogP contribution is 2.78. The van der Waals surface area contributed by atoms with Crippen LogP contribution in [0.3, 0.4) is 0 Å². The molecule has 0 unspecified atom stereocenters. The summed E-state index contributed by atoms with van der Waals surface area (Å²) in [6.07, 6.45) is 10.9. The molecule has 2 heterocycles. The molecule has 4 aliphatic carbocycles. The van der Waals surface area contributed by atoms with E-state index in [1.165, 1.54) is 19.3 Å². The monoisotopic (exact) mass is 452 g/mol. The van der Waals surface area contributed by atoms with Gasteiger partial charge in [0.1, 0.15) is 11.7 Å². The van der Waals surface area contributed by atoms with Crippen LogP contribution in [-0.4, -0.2) is 23.8 Å². The highest BCUT2D eigenvalue weighted by molar-refractivity contribution is 5.87. The van der Waals surface area contributed by atoms with Gasteiger partial charge in [-0.15, -0.1) is 0 Å². The molecule has 1 spiro atoms. The number of rotatable bonds is 3. The molecule has 0 N–H and O–H groups in total. The first-order valence-corrected chi connectivity index (χ1v) is 12.8. The lowest BCUT2D eigenvalue weighted by molar-refractivity contribution is -0.161. The van der Waals surface area contributed by atoms with Crippen molar-refractivity contribution in [3.8, 4) is 0 Å². The van der Waals surface area contributed by atoms with Crippen LogP contribution in [0.25, 0.3) is 0 Å². The summed E-state index contributed by atoms with van der Waals surface area (Å²) in [6, 6.07) is 3.53. The Morgan fingerprint density at radius 2 is 1.91 bits per heavy atom. The third-order valence-corrected chi connectivity index (χ3v) is 10.8. The molecule has 1 aromatic heterocycles. The van der Waals surface area contributed by atoms with Gasteiger partial charge < -0.3 is 13.9 Å². The Kier molecular flexibility index (Phi) is 4.63. The van der Waals surface area contributed by atoms with Crippen LogP contribution < -0.4 is 5.63 Å². The molecule has 0 amide bonds. The van der Waals surface area contributed by atoms with Crippen LogP contribution in [0.4, 0.5) is 0 Å². The molecule has 5 fully saturated rings. The molecule has 4 saturated carbocycles. The van der Waals surface area contributed by atoms with Crippen LogP contribution in [0.1, 0.15) is 83.6 Å². The molecule has 178 valence electrons. The minimum absolute atomic E-state index is 0.0199. The molecule has 9 atom stereocenters. The smallest absolute Gasteiger partial charge is 0.335 e. The van der Waals surface area contributed by atoms with Gasteiger partial charge in [0.25, 0.3) is 0 Å². The lowest BCUT2D eigenvalue weighted by Gasteiger charge is -2.61. The fourth-order valence-corrected chi connectivity index (χ4v) is 9.08. The minimum atomic E-state index is -0.280. The molecule has 5 nitrogen and oxygen atoms in total. The third-order valence-electron chi connectivity index (χ3n) is 10.8. The maximum atomic E-state index is 12.1. The zero-order valence-corrected chi connectivity index (χ0v) is 20.1. The third kappa shape index (κ3) is 2.87. The number of ether oxygens (including phenoxy) is 2. The molecular weight excluding hydrogens is 416 g/mol. The van der Waals surface area contributed by atoms with Crippen LogP contribution >= 0.6 is 0 Å². The van der Waals surface area contributed by atoms with Crippen molar-refractivity contribution in [3.63, 3.8) is 0 Å². The van der Waals surface area contributed by atoms with Gasteiger partial charge in [-0.3, -0.25) is 0 Å². The van der Waals surface area contributed by atoms with Gasteiger partial charge in [0.2, 0.25) is 0 Å². The van der Waals surface area contributed by atoms with Gasteiger partial charge in [-0.2, -0.15) is 0 Å². The van der Waals surface area contributed by atoms with Gasteiger partial charge in [0.05, 0.1) is 12.4 Å². The first kappa shape index (κ1) is 21.6. The summed E-state index contributed by atoms with van der Waals surface area (Å²) in [6.45, 7) is 10.4. The zero-order valence-electron chi connectivity index (χ0n) is 20.1. The van der Waals surface area contributed by atoms with Crippen molar-refractivity contribution in [1.29, 1.82) is 0 Å². The van der Waals surface area contributed by atoms with E-state index in [-0.39, 0.29) is 28.7 Å². The highest BCUT2D eigenvalue weighted by atomic mass is 16.6. The summed E-state index contributed by atoms with van der Waals surface area (Å²) >= 11 is 0. The predicted molar refractivity (Wildman–Crippen MR) is 124 cm³/mol. The van der Waals surface area contributed by atoms with Crippen molar-refractivity contribution in [2.45, 2.75) is 95.9 Å². The Labute approximate surface area is 195 Å². The summed E-state index contributed by atoms with van der Waals surface area (Å²) in [5.74, 6) is 2.02. The standard InChI is InChI=1S/C28H36O5/c1-16(2)25(30)32-19-9-11-26(3)18(13-19)6-7-21-20(26)10-12-27(4)22(14-23-28(21,27)33-23)17-5-8-24(29)31-15-17/h5,8,15,18-23H,1,6-7,9-14H2,2-4H3/t18-,19+,20+,21-,22-,23+,26+,27-,28+/m1/s1. The van der Waals surface area contributed by atoms with Crippen molar-refractivity contribution >= 4 is 5.97 Å². The SMILES string of the molecule is C=C(C)C(=O)O[C@H]1CC[C@@]2(C)[C@H](CC[C@@H]3[C@@H]2CC[C@]2(C)[C@@H](c4ccc(=O)oc4)C[C@@H]4O[C@]432)C1. The number of fused-ring (bicyclic) bond motifs is 3. The van der Waals surface area contributed by atoms with Crippen molar-refractivity contribution in [1.82, 2.24) is 0 Å². The Balaban J connectivity index is 1.24. The number of hydrogen-bond donors (Lipinski definition) is 0. The first-order valence-electron chi connectivity index (χ1n) is 12.8. The van der Waals surface area contributed by atoms with Crippen molar-refractivity contribution in [2.75, 3.05) is 0 Å². The van der Waals surface area contributed by atoms with Crippen molar-refractivity contribution in [3.05, 3.63) is 46.5 Å². The maximum absolute atomic E-state index is 12.1. The number of hydrogen-bond acceptors (Lipinski definition) is 5. The average Bonchev–Trinajstić information content (AvgIpc) is 3.44. The Hall–Kier alpha value is -1.88. The molecule has 0 bridgehead atoms. The summed E-state index contributed by atoms with van der Waals surface area (Å²) in [7, 11) is 0. The quantitative estimate of drug-likeness (QED) is 0.350. The minimum Gasteiger partial charge on any atom is -0.459 e. The summed E-state index contributed by atoms with van der Waals surface area (Å²) in [5.41, 5.74) is 1.73. The molecule has 33 heavy (non-hydrogen) atoms. The van der Waals surface area contributed by atoms with Crippen LogP contribution in [0.2, 0.25) is 0 Å². The van der Waals surface area contributed by atoms with Crippen LogP contribution in [-0.2, 0) is 14.3 Å². The van der Waals surface area contributed by atoms with E-state index in [2.05, 4.69) is 20.4 Å². The molecule has 0 aromatic carbocycles. The van der Waals surface area contributed by atoms with Crippen molar-refractivity contribution < 1.29 is 18.7 Å². The van der Waals surface area contributed by atoms with E-state index < -0.39 is 0 Å². The molecule has 1 aromatic rings. The number of esters is 1. The molecule has 1 aliphatic heterocycles. The van der Waals surface area contributed by atoms with E-state index >= 15 is 0 Å². The Bertz CT molecular complexity index is 1040. The van der Waals surface area contributed by atoms with E-state index in [0.717, 1.165) is 37.7 Å². The van der Waals surface area contributed by atoms with E-state index in [1.807, 2.05) is 6.07 Å². The summed E-state index contributed by atoms with van der Waals surface area (Å²) < 4.78 is 17.7. The van der Waals surface area contributed by atoms with Crippen LogP contribution in [0.15, 0.2) is 39.8 Å². The zero-order chi connectivity index (χ0) is 23.2. The predicted octanol–water partition coefficient (Wildman–Crippen LogP) is 5.39. The molecule has 0 radical (unpaired) electrons. The van der Waals surface area contributed by atoms with Gasteiger partial charge in [-0.1, -0.05) is 20.4 Å². The van der Waals surface area contributed by atoms with Gasteiger partial charge in [-0.05, 0) is 99.0 Å². The topological polar surface area (TPSA) is 69.0 Å².